The summed E-state index contributed by atoms with van der Waals surface area (Å²) in [7, 11) is -1.88. The summed E-state index contributed by atoms with van der Waals surface area (Å²) in [4.78, 5) is 0. The van der Waals surface area contributed by atoms with Crippen LogP contribution in [0.3, 0.4) is 0 Å². The summed E-state index contributed by atoms with van der Waals surface area (Å²) in [5, 5.41) is 2.91. The Balaban J connectivity index is 4.24. The zero-order valence-corrected chi connectivity index (χ0v) is 18.8. The van der Waals surface area contributed by atoms with Crippen molar-refractivity contribution in [1.29, 1.82) is 0 Å². The zero-order valence-electron chi connectivity index (χ0n) is 13.5. The molecule has 0 aliphatic heterocycles. The predicted molar refractivity (Wildman–Crippen MR) is 99.8 cm³/mol. The van der Waals surface area contributed by atoms with Crippen molar-refractivity contribution in [3.8, 4) is 0 Å². The van der Waals surface area contributed by atoms with E-state index in [0.29, 0.717) is 0 Å². The molecule has 0 radical (unpaired) electrons. The molecule has 0 aromatic carbocycles. The van der Waals surface area contributed by atoms with Gasteiger partial charge >= 0.3 is 139 Å². The van der Waals surface area contributed by atoms with Crippen molar-refractivity contribution in [1.82, 2.24) is 0 Å². The van der Waals surface area contributed by atoms with Crippen LogP contribution >= 0.6 is 28.0 Å². The summed E-state index contributed by atoms with van der Waals surface area (Å²) in [5.41, 5.74) is 0. The van der Waals surface area contributed by atoms with Crippen molar-refractivity contribution in [2.24, 2.45) is 11.8 Å². The first-order chi connectivity index (χ1) is 8.99. The molecule has 0 spiro atoms. The van der Waals surface area contributed by atoms with Crippen molar-refractivity contribution in [2.45, 2.75) is 89.6 Å². The average molecular weight is 459 g/mol. The van der Waals surface area contributed by atoms with Crippen LogP contribution in [0, 0.1) is 11.8 Å². The molecular weight excluding hydrogens is 425 g/mol. The number of hydrogen-bond acceptors (Lipinski definition) is 0. The topological polar surface area (TPSA) is 0 Å². The van der Waals surface area contributed by atoms with E-state index >= 15 is 0 Å². The van der Waals surface area contributed by atoms with E-state index in [-0.39, 0.29) is 0 Å². The van der Waals surface area contributed by atoms with Gasteiger partial charge in [-0.2, -0.15) is 0 Å². The third kappa shape index (κ3) is 10.8. The molecule has 0 fully saturated rings. The molecule has 116 valence electrons. The first-order valence-corrected chi connectivity index (χ1v) is 21.2. The zero-order chi connectivity index (χ0) is 14.7. The van der Waals surface area contributed by atoms with Gasteiger partial charge in [-0.15, -0.1) is 0 Å². The van der Waals surface area contributed by atoms with Crippen molar-refractivity contribution in [3.63, 3.8) is 0 Å². The number of halogens is 2. The van der Waals surface area contributed by atoms with Gasteiger partial charge in [-0.05, 0) is 0 Å². The van der Waals surface area contributed by atoms with Gasteiger partial charge in [-0.25, -0.2) is 0 Å². The van der Waals surface area contributed by atoms with Crippen LogP contribution in [-0.4, -0.2) is 9.58 Å². The van der Waals surface area contributed by atoms with E-state index in [9.17, 15) is 0 Å². The maximum atomic E-state index is 4.15. The van der Waals surface area contributed by atoms with Crippen LogP contribution in [0.4, 0.5) is 0 Å². The molecule has 0 rings (SSSR count). The van der Waals surface area contributed by atoms with E-state index in [0.717, 1.165) is 11.8 Å². The summed E-state index contributed by atoms with van der Waals surface area (Å²) in [6.07, 6.45) is 11.1. The normalized spacial score (nSPS) is 15.5. The van der Waals surface area contributed by atoms with Gasteiger partial charge in [0.05, 0.1) is 0 Å². The Morgan fingerprint density at radius 1 is 0.737 bits per heavy atom. The summed E-state index contributed by atoms with van der Waals surface area (Å²) < 4.78 is 0. The van der Waals surface area contributed by atoms with Gasteiger partial charge in [-0.1, -0.05) is 0 Å². The third-order valence-electron chi connectivity index (χ3n) is 4.26. The Morgan fingerprint density at radius 3 is 1.37 bits per heavy atom. The molecule has 2 atom stereocenters. The molecule has 19 heavy (non-hydrogen) atoms. The van der Waals surface area contributed by atoms with Gasteiger partial charge in [0.25, 0.3) is 0 Å². The van der Waals surface area contributed by atoms with E-state index in [1.165, 1.54) is 61.9 Å². The van der Waals surface area contributed by atoms with Crippen LogP contribution in [-0.2, 0) is 0 Å². The first-order valence-electron chi connectivity index (χ1n) is 8.36. The molecule has 3 heteroatoms. The van der Waals surface area contributed by atoms with E-state index in [1.807, 2.05) is 0 Å². The van der Waals surface area contributed by atoms with E-state index in [1.54, 1.807) is 0 Å². The fourth-order valence-corrected chi connectivity index (χ4v) is 18.3. The number of unbranched alkanes of at least 4 members (excludes halogenated alkanes) is 2. The molecule has 0 saturated heterocycles. The molecule has 0 heterocycles. The maximum absolute atomic E-state index is 4.15. The molecule has 0 N–H and O–H groups in total. The van der Waals surface area contributed by atoms with Gasteiger partial charge in [0, 0.05) is 0 Å². The second-order valence-corrected chi connectivity index (χ2v) is 32.7. The molecule has 0 amide bonds. The molecule has 0 saturated carbocycles. The average Bonchev–Trinajstić information content (AvgIpc) is 2.39. The SMILES string of the molecule is CCCCC(CC)[CH2][Ge]([Br])([Br])[CH2]C(CC)CCCC. The van der Waals surface area contributed by atoms with Gasteiger partial charge in [0.15, 0.2) is 0 Å². The van der Waals surface area contributed by atoms with Crippen molar-refractivity contribution >= 4 is 37.6 Å². The minimum absolute atomic E-state index is 0.947. The Morgan fingerprint density at radius 2 is 1.11 bits per heavy atom. The van der Waals surface area contributed by atoms with Crippen molar-refractivity contribution in [2.75, 3.05) is 0 Å². The van der Waals surface area contributed by atoms with E-state index in [4.69, 9.17) is 0 Å². The van der Waals surface area contributed by atoms with Crippen LogP contribution in [0.5, 0.6) is 0 Å². The van der Waals surface area contributed by atoms with E-state index < -0.39 is 9.58 Å². The molecule has 0 aliphatic rings. The molecule has 0 nitrogen and oxygen atoms in total. The fourth-order valence-electron chi connectivity index (χ4n) is 2.81. The monoisotopic (exact) mass is 458 g/mol. The summed E-state index contributed by atoms with van der Waals surface area (Å²) in [6, 6.07) is 0. The standard InChI is InChI=1S/C16H34Br2Ge/c1-5-9-11-15(7-3)13-19(17,18)14-16(8-4)12-10-6-2/h15-16H,5-14H2,1-4H3. The Kier molecular flexibility index (Phi) is 13.0. The van der Waals surface area contributed by atoms with E-state index in [2.05, 4.69) is 55.7 Å². The van der Waals surface area contributed by atoms with Crippen LogP contribution in [0.1, 0.15) is 79.1 Å². The molecule has 0 aliphatic carbocycles. The fraction of sp³-hybridized carbons (Fsp3) is 1.00. The van der Waals surface area contributed by atoms with Gasteiger partial charge in [0.1, 0.15) is 0 Å². The number of hydrogen-bond donors (Lipinski definition) is 0. The minimum atomic E-state index is -1.88. The summed E-state index contributed by atoms with van der Waals surface area (Å²) >= 11 is 8.31. The Labute approximate surface area is 138 Å². The second kappa shape index (κ2) is 12.1. The molecule has 0 bridgehead atoms. The number of rotatable bonds is 12. The van der Waals surface area contributed by atoms with Crippen LogP contribution in [0.15, 0.2) is 0 Å². The Bertz CT molecular complexity index is 187. The van der Waals surface area contributed by atoms with Crippen molar-refractivity contribution in [3.05, 3.63) is 0 Å². The Hall–Kier alpha value is 1.50. The van der Waals surface area contributed by atoms with Gasteiger partial charge in [0.2, 0.25) is 0 Å². The van der Waals surface area contributed by atoms with Crippen LogP contribution < -0.4 is 0 Å². The molecule has 2 unspecified atom stereocenters. The van der Waals surface area contributed by atoms with Gasteiger partial charge < -0.3 is 0 Å². The van der Waals surface area contributed by atoms with Gasteiger partial charge in [-0.3, -0.25) is 0 Å². The van der Waals surface area contributed by atoms with Crippen LogP contribution in [0.25, 0.3) is 0 Å². The predicted octanol–water partition coefficient (Wildman–Crippen LogP) is 7.65. The second-order valence-electron chi connectivity index (χ2n) is 6.10. The molecular formula is C16H34Br2Ge. The first kappa shape index (κ1) is 20.5. The quantitative estimate of drug-likeness (QED) is 0.263. The van der Waals surface area contributed by atoms with Crippen molar-refractivity contribution < 1.29 is 0 Å². The summed E-state index contributed by atoms with van der Waals surface area (Å²) in [5.74, 6) is 1.89. The molecule has 0 aromatic rings. The molecule has 0 aromatic heterocycles. The summed E-state index contributed by atoms with van der Waals surface area (Å²) in [6.45, 7) is 9.35. The van der Waals surface area contributed by atoms with Crippen LogP contribution in [0.2, 0.25) is 10.5 Å². The third-order valence-corrected chi connectivity index (χ3v) is 15.9.